The summed E-state index contributed by atoms with van der Waals surface area (Å²) in [6, 6.07) is 0. The zero-order valence-corrected chi connectivity index (χ0v) is 8.27. The van der Waals surface area contributed by atoms with Crippen LogP contribution >= 0.6 is 0 Å². The lowest BCUT2D eigenvalue weighted by Crippen LogP contribution is -2.31. The molecule has 1 atom stereocenters. The summed E-state index contributed by atoms with van der Waals surface area (Å²) in [6.07, 6.45) is 4.71. The molecule has 0 bridgehead atoms. The van der Waals surface area contributed by atoms with E-state index in [2.05, 4.69) is 19.2 Å². The first-order chi connectivity index (χ1) is 5.64. The molecule has 1 fully saturated rings. The van der Waals surface area contributed by atoms with Gasteiger partial charge < -0.3 is 10.4 Å². The fraction of sp³-hybridized carbons (Fsp3) is 1.00. The van der Waals surface area contributed by atoms with E-state index in [0.29, 0.717) is 12.1 Å². The number of hydrogen-bond donors (Lipinski definition) is 2. The topological polar surface area (TPSA) is 32.3 Å². The first kappa shape index (κ1) is 10.0. The summed E-state index contributed by atoms with van der Waals surface area (Å²) in [5, 5.41) is 12.1. The van der Waals surface area contributed by atoms with Crippen LogP contribution in [-0.4, -0.2) is 23.8 Å². The highest BCUT2D eigenvalue weighted by Crippen LogP contribution is 2.26. The van der Waals surface area contributed by atoms with Gasteiger partial charge in [-0.2, -0.15) is 0 Å². The molecule has 0 aliphatic carbocycles. The molecule has 2 N–H and O–H groups in total. The molecule has 1 aliphatic rings. The van der Waals surface area contributed by atoms with Crippen LogP contribution in [-0.2, 0) is 0 Å². The Bertz CT molecular complexity index is 134. The van der Waals surface area contributed by atoms with Crippen molar-refractivity contribution in [2.24, 2.45) is 5.92 Å². The van der Waals surface area contributed by atoms with Crippen molar-refractivity contribution in [1.29, 1.82) is 0 Å². The number of aliphatic hydroxyl groups is 1. The summed E-state index contributed by atoms with van der Waals surface area (Å²) in [5.41, 5.74) is 0.351. The molecule has 0 saturated carbocycles. The minimum absolute atomic E-state index is 0.351. The fourth-order valence-electron chi connectivity index (χ4n) is 2.04. The third-order valence-corrected chi connectivity index (χ3v) is 2.69. The van der Waals surface area contributed by atoms with Gasteiger partial charge in [-0.25, -0.2) is 0 Å². The van der Waals surface area contributed by atoms with Crippen molar-refractivity contribution >= 4 is 0 Å². The van der Waals surface area contributed by atoms with E-state index in [9.17, 15) is 0 Å². The van der Waals surface area contributed by atoms with Gasteiger partial charge in [-0.3, -0.25) is 0 Å². The van der Waals surface area contributed by atoms with E-state index >= 15 is 0 Å². The highest BCUT2D eigenvalue weighted by atomic mass is 16.2. The second kappa shape index (κ2) is 4.24. The van der Waals surface area contributed by atoms with Crippen molar-refractivity contribution in [1.82, 2.24) is 5.32 Å². The van der Waals surface area contributed by atoms with Gasteiger partial charge in [0.15, 0.2) is 0 Å². The van der Waals surface area contributed by atoms with Crippen molar-refractivity contribution in [2.45, 2.75) is 45.1 Å². The molecule has 0 aromatic heterocycles. The molecule has 1 unspecified atom stereocenters. The van der Waals surface area contributed by atoms with E-state index in [-0.39, 0.29) is 0 Å². The maximum absolute atomic E-state index is 8.63. The van der Waals surface area contributed by atoms with Crippen molar-refractivity contribution in [2.75, 3.05) is 13.2 Å². The Hall–Kier alpha value is -0.0800. The summed E-state index contributed by atoms with van der Waals surface area (Å²) in [7, 11) is 0. The lowest BCUT2D eigenvalue weighted by atomic mass is 9.93. The predicted molar refractivity (Wildman–Crippen MR) is 51.1 cm³/mol. The average molecular weight is 171 g/mol. The summed E-state index contributed by atoms with van der Waals surface area (Å²) >= 11 is 0. The predicted octanol–water partition coefficient (Wildman–Crippen LogP) is 1.54. The summed E-state index contributed by atoms with van der Waals surface area (Å²) in [5.74, 6) is 0.839. The maximum atomic E-state index is 8.63. The lowest BCUT2D eigenvalue weighted by molar-refractivity contribution is 0.278. The van der Waals surface area contributed by atoms with Crippen LogP contribution in [0.3, 0.4) is 0 Å². The highest BCUT2D eigenvalue weighted by Gasteiger charge is 2.29. The second-order valence-electron chi connectivity index (χ2n) is 4.55. The Morgan fingerprint density at radius 1 is 1.42 bits per heavy atom. The van der Waals surface area contributed by atoms with E-state index in [1.807, 2.05) is 0 Å². The van der Waals surface area contributed by atoms with E-state index in [0.717, 1.165) is 12.3 Å². The molecule has 0 amide bonds. The molecule has 1 rings (SSSR count). The minimum Gasteiger partial charge on any atom is -0.396 e. The molecular weight excluding hydrogens is 150 g/mol. The largest absolute Gasteiger partial charge is 0.396 e. The van der Waals surface area contributed by atoms with E-state index in [1.54, 1.807) is 0 Å². The first-order valence-electron chi connectivity index (χ1n) is 5.00. The molecule has 2 heteroatoms. The fourth-order valence-corrected chi connectivity index (χ4v) is 2.04. The monoisotopic (exact) mass is 171 g/mol. The van der Waals surface area contributed by atoms with Crippen molar-refractivity contribution < 1.29 is 5.11 Å². The molecule has 0 radical (unpaired) electrons. The molecule has 0 aromatic carbocycles. The molecule has 0 aromatic rings. The summed E-state index contributed by atoms with van der Waals surface area (Å²) in [6.45, 7) is 6.04. The molecule has 72 valence electrons. The molecule has 1 heterocycles. The summed E-state index contributed by atoms with van der Waals surface area (Å²) < 4.78 is 0. The summed E-state index contributed by atoms with van der Waals surface area (Å²) in [4.78, 5) is 0. The van der Waals surface area contributed by atoms with Crippen molar-refractivity contribution in [3.05, 3.63) is 0 Å². The van der Waals surface area contributed by atoms with Gasteiger partial charge in [0.2, 0.25) is 0 Å². The van der Waals surface area contributed by atoms with Gasteiger partial charge >= 0.3 is 0 Å². The molecular formula is C10H21NO. The Labute approximate surface area is 75.4 Å². The zero-order valence-electron chi connectivity index (χ0n) is 8.27. The standard InChI is InChI=1S/C10H21NO/c1-10(2)7-9(8-11-10)5-3-4-6-12/h9,11-12H,3-8H2,1-2H3. The van der Waals surface area contributed by atoms with Crippen LogP contribution in [0.15, 0.2) is 0 Å². The molecule has 1 aliphatic heterocycles. The minimum atomic E-state index is 0.351. The smallest absolute Gasteiger partial charge is 0.0431 e. The molecule has 12 heavy (non-hydrogen) atoms. The third-order valence-electron chi connectivity index (χ3n) is 2.69. The second-order valence-corrected chi connectivity index (χ2v) is 4.55. The lowest BCUT2D eigenvalue weighted by Gasteiger charge is -2.17. The van der Waals surface area contributed by atoms with Crippen LogP contribution in [0.1, 0.15) is 39.5 Å². The Morgan fingerprint density at radius 3 is 2.67 bits per heavy atom. The first-order valence-corrected chi connectivity index (χ1v) is 5.00. The van der Waals surface area contributed by atoms with Crippen molar-refractivity contribution in [3.8, 4) is 0 Å². The maximum Gasteiger partial charge on any atom is 0.0431 e. The van der Waals surface area contributed by atoms with Crippen LogP contribution < -0.4 is 5.32 Å². The van der Waals surface area contributed by atoms with E-state index in [4.69, 9.17) is 5.11 Å². The van der Waals surface area contributed by atoms with Crippen LogP contribution in [0.4, 0.5) is 0 Å². The number of rotatable bonds is 4. The number of aliphatic hydroxyl groups excluding tert-OH is 1. The SMILES string of the molecule is CC1(C)CC(CCCCO)CN1. The van der Waals surface area contributed by atoms with E-state index in [1.165, 1.54) is 25.8 Å². The average Bonchev–Trinajstić information content (AvgIpc) is 2.31. The highest BCUT2D eigenvalue weighted by molar-refractivity contribution is 4.88. The van der Waals surface area contributed by atoms with E-state index < -0.39 is 0 Å². The van der Waals surface area contributed by atoms with Gasteiger partial charge in [-0.15, -0.1) is 0 Å². The van der Waals surface area contributed by atoms with Crippen LogP contribution in [0.25, 0.3) is 0 Å². The Balaban J connectivity index is 2.11. The van der Waals surface area contributed by atoms with Gasteiger partial charge in [0.05, 0.1) is 0 Å². The quantitative estimate of drug-likeness (QED) is 0.629. The van der Waals surface area contributed by atoms with Gasteiger partial charge in [0.1, 0.15) is 0 Å². The van der Waals surface area contributed by atoms with Gasteiger partial charge in [0, 0.05) is 12.1 Å². The zero-order chi connectivity index (χ0) is 9.03. The number of unbranched alkanes of at least 4 members (excludes halogenated alkanes) is 1. The number of nitrogens with one attached hydrogen (secondary N) is 1. The molecule has 0 spiro atoms. The Morgan fingerprint density at radius 2 is 2.17 bits per heavy atom. The van der Waals surface area contributed by atoms with Gasteiger partial charge in [0.25, 0.3) is 0 Å². The third kappa shape index (κ3) is 3.11. The normalized spacial score (nSPS) is 27.8. The van der Waals surface area contributed by atoms with Crippen molar-refractivity contribution in [3.63, 3.8) is 0 Å². The molecule has 1 saturated heterocycles. The van der Waals surface area contributed by atoms with Gasteiger partial charge in [-0.1, -0.05) is 6.42 Å². The van der Waals surface area contributed by atoms with Crippen LogP contribution in [0.2, 0.25) is 0 Å². The molecule has 2 nitrogen and oxygen atoms in total. The van der Waals surface area contributed by atoms with Crippen LogP contribution in [0.5, 0.6) is 0 Å². The van der Waals surface area contributed by atoms with Crippen LogP contribution in [0, 0.1) is 5.92 Å². The number of hydrogen-bond acceptors (Lipinski definition) is 2. The Kier molecular flexibility index (Phi) is 3.53. The van der Waals surface area contributed by atoms with Gasteiger partial charge in [-0.05, 0) is 45.6 Å².